The van der Waals surface area contributed by atoms with Crippen LogP contribution in [-0.4, -0.2) is 50.9 Å². The van der Waals surface area contributed by atoms with Gasteiger partial charge in [0, 0.05) is 25.1 Å². The van der Waals surface area contributed by atoms with E-state index in [1.807, 2.05) is 0 Å². The molecule has 2 atom stereocenters. The number of benzene rings is 1. The van der Waals surface area contributed by atoms with Gasteiger partial charge in [-0.15, -0.1) is 0 Å². The van der Waals surface area contributed by atoms with E-state index in [4.69, 9.17) is 9.47 Å². The Labute approximate surface area is 175 Å². The molecule has 1 aromatic carbocycles. The first kappa shape index (κ1) is 20.7. The minimum atomic E-state index is -3.26. The van der Waals surface area contributed by atoms with Crippen LogP contribution in [0.3, 0.4) is 0 Å². The van der Waals surface area contributed by atoms with E-state index < -0.39 is 9.84 Å². The fourth-order valence-corrected chi connectivity index (χ4v) is 5.64. The summed E-state index contributed by atoms with van der Waals surface area (Å²) in [5.41, 5.74) is 1.60. The van der Waals surface area contributed by atoms with Gasteiger partial charge < -0.3 is 9.47 Å². The molecule has 3 aliphatic rings. The largest absolute Gasteiger partial charge is 0.490 e. The van der Waals surface area contributed by atoms with Gasteiger partial charge in [0.25, 0.3) is 0 Å². The summed E-state index contributed by atoms with van der Waals surface area (Å²) in [6.45, 7) is 4.54. The normalized spacial score (nSPS) is 25.5. The van der Waals surface area contributed by atoms with Crippen molar-refractivity contribution in [1.29, 1.82) is 0 Å². The molecular formula is C23H33NO4S. The van der Waals surface area contributed by atoms with Crippen LogP contribution in [0.5, 0.6) is 11.5 Å². The number of nitrogens with zero attached hydrogens (tertiary/aromatic N) is 1. The molecule has 29 heavy (non-hydrogen) atoms. The summed E-state index contributed by atoms with van der Waals surface area (Å²) in [5.74, 6) is 1.31. The van der Waals surface area contributed by atoms with Crippen molar-refractivity contribution in [3.8, 4) is 11.5 Å². The van der Waals surface area contributed by atoms with Crippen LogP contribution in [0.25, 0.3) is 0 Å². The minimum Gasteiger partial charge on any atom is -0.490 e. The van der Waals surface area contributed by atoms with Gasteiger partial charge in [-0.2, -0.15) is 0 Å². The summed E-state index contributed by atoms with van der Waals surface area (Å²) in [7, 11) is -3.26. The summed E-state index contributed by atoms with van der Waals surface area (Å²) in [5, 5.41) is 0. The monoisotopic (exact) mass is 419 g/mol. The predicted octanol–water partition coefficient (Wildman–Crippen LogP) is 4.37. The summed E-state index contributed by atoms with van der Waals surface area (Å²) < 4.78 is 36.7. The molecule has 4 rings (SSSR count). The highest BCUT2D eigenvalue weighted by molar-refractivity contribution is 7.91. The summed E-state index contributed by atoms with van der Waals surface area (Å²) in [6.07, 6.45) is 11.9. The standard InChI is InChI=1S/C23H33NO4S/c1-2-29(25,26)21-10-11-22-23(16-21)28-20(12-14-27-22)15-19-9-6-13-24(19)17-18-7-4-3-5-8-18/h7,10-11,16,19-20H,2-6,8-9,12-15,17H2,1H3. The second-order valence-electron chi connectivity index (χ2n) is 8.50. The molecule has 1 fully saturated rings. The Morgan fingerprint density at radius 2 is 2.03 bits per heavy atom. The Kier molecular flexibility index (Phi) is 6.50. The van der Waals surface area contributed by atoms with Gasteiger partial charge in [0.15, 0.2) is 21.3 Å². The maximum Gasteiger partial charge on any atom is 0.178 e. The average molecular weight is 420 g/mol. The number of hydrogen-bond donors (Lipinski definition) is 0. The lowest BCUT2D eigenvalue weighted by Crippen LogP contribution is -2.35. The number of likely N-dealkylation sites (tertiary alicyclic amines) is 1. The fourth-order valence-electron chi connectivity index (χ4n) is 4.75. The van der Waals surface area contributed by atoms with Crippen molar-refractivity contribution in [2.75, 3.05) is 25.4 Å². The van der Waals surface area contributed by atoms with E-state index >= 15 is 0 Å². The van der Waals surface area contributed by atoms with Crippen molar-refractivity contribution in [2.45, 2.75) is 75.3 Å². The van der Waals surface area contributed by atoms with E-state index in [1.54, 1.807) is 30.7 Å². The van der Waals surface area contributed by atoms with Gasteiger partial charge in [0.1, 0.15) is 6.10 Å². The van der Waals surface area contributed by atoms with Crippen LogP contribution in [-0.2, 0) is 9.84 Å². The lowest BCUT2D eigenvalue weighted by Gasteiger charge is -2.29. The number of hydrogen-bond acceptors (Lipinski definition) is 5. The van der Waals surface area contributed by atoms with Gasteiger partial charge in [-0.1, -0.05) is 18.6 Å². The van der Waals surface area contributed by atoms with Crippen molar-refractivity contribution in [3.63, 3.8) is 0 Å². The van der Waals surface area contributed by atoms with Gasteiger partial charge in [0.2, 0.25) is 0 Å². The molecule has 1 aromatic rings. The first-order valence-corrected chi connectivity index (χ1v) is 12.8. The molecule has 0 saturated carbocycles. The van der Waals surface area contributed by atoms with Crippen LogP contribution in [0.1, 0.15) is 58.3 Å². The molecule has 2 aliphatic heterocycles. The van der Waals surface area contributed by atoms with Crippen LogP contribution in [0.15, 0.2) is 34.7 Å². The Balaban J connectivity index is 1.44. The average Bonchev–Trinajstić information content (AvgIpc) is 3.05. The molecule has 0 N–H and O–H groups in total. The number of allylic oxidation sites excluding steroid dienone is 1. The molecule has 0 aromatic heterocycles. The van der Waals surface area contributed by atoms with Crippen molar-refractivity contribution in [2.24, 2.45) is 0 Å². The molecule has 1 aliphatic carbocycles. The third-order valence-electron chi connectivity index (χ3n) is 6.47. The molecule has 0 spiro atoms. The quantitative estimate of drug-likeness (QED) is 0.641. The third kappa shape index (κ3) is 4.97. The number of rotatable bonds is 6. The number of fused-ring (bicyclic) bond motifs is 1. The second kappa shape index (κ2) is 9.09. The van der Waals surface area contributed by atoms with Gasteiger partial charge in [-0.3, -0.25) is 4.90 Å². The Morgan fingerprint density at radius 3 is 2.83 bits per heavy atom. The van der Waals surface area contributed by atoms with Crippen molar-refractivity contribution < 1.29 is 17.9 Å². The zero-order chi connectivity index (χ0) is 20.3. The molecule has 2 heterocycles. The molecule has 5 nitrogen and oxygen atoms in total. The first-order chi connectivity index (χ1) is 14.0. The number of sulfone groups is 1. The van der Waals surface area contributed by atoms with Crippen molar-refractivity contribution in [1.82, 2.24) is 4.90 Å². The molecule has 6 heteroatoms. The van der Waals surface area contributed by atoms with Crippen LogP contribution in [0.2, 0.25) is 0 Å². The van der Waals surface area contributed by atoms with Gasteiger partial charge >= 0.3 is 0 Å². The van der Waals surface area contributed by atoms with Crippen LogP contribution < -0.4 is 9.47 Å². The zero-order valence-electron chi connectivity index (χ0n) is 17.4. The smallest absolute Gasteiger partial charge is 0.178 e. The summed E-state index contributed by atoms with van der Waals surface area (Å²) in [6, 6.07) is 5.54. The molecule has 0 bridgehead atoms. The van der Waals surface area contributed by atoms with Crippen molar-refractivity contribution >= 4 is 9.84 Å². The Hall–Kier alpha value is -1.53. The first-order valence-electron chi connectivity index (χ1n) is 11.1. The van der Waals surface area contributed by atoms with Crippen LogP contribution >= 0.6 is 0 Å². The minimum absolute atomic E-state index is 0.0572. The zero-order valence-corrected chi connectivity index (χ0v) is 18.3. The van der Waals surface area contributed by atoms with E-state index in [2.05, 4.69) is 11.0 Å². The van der Waals surface area contributed by atoms with Crippen LogP contribution in [0.4, 0.5) is 0 Å². The highest BCUT2D eigenvalue weighted by Crippen LogP contribution is 2.35. The molecule has 2 unspecified atom stereocenters. The number of ether oxygens (including phenoxy) is 2. The third-order valence-corrected chi connectivity index (χ3v) is 8.20. The molecule has 1 saturated heterocycles. The van der Waals surface area contributed by atoms with Crippen molar-refractivity contribution in [3.05, 3.63) is 29.8 Å². The van der Waals surface area contributed by atoms with E-state index in [0.29, 0.717) is 29.0 Å². The maximum atomic E-state index is 12.3. The Bertz CT molecular complexity index is 848. The molecule has 160 valence electrons. The molecular weight excluding hydrogens is 386 g/mol. The Morgan fingerprint density at radius 1 is 1.14 bits per heavy atom. The highest BCUT2D eigenvalue weighted by Gasteiger charge is 2.30. The van der Waals surface area contributed by atoms with Gasteiger partial charge in [-0.25, -0.2) is 8.42 Å². The van der Waals surface area contributed by atoms with E-state index in [0.717, 1.165) is 19.4 Å². The lowest BCUT2D eigenvalue weighted by atomic mass is 9.98. The van der Waals surface area contributed by atoms with Crippen LogP contribution in [0, 0.1) is 0 Å². The van der Waals surface area contributed by atoms with E-state index in [9.17, 15) is 8.42 Å². The van der Waals surface area contributed by atoms with E-state index in [-0.39, 0.29) is 11.9 Å². The molecule has 0 amide bonds. The van der Waals surface area contributed by atoms with Gasteiger partial charge in [-0.05, 0) is 63.6 Å². The highest BCUT2D eigenvalue weighted by atomic mass is 32.2. The summed E-state index contributed by atoms with van der Waals surface area (Å²) in [4.78, 5) is 2.94. The fraction of sp³-hybridized carbons (Fsp3) is 0.652. The second-order valence-corrected chi connectivity index (χ2v) is 10.8. The SMILES string of the molecule is CCS(=O)(=O)c1ccc2c(c1)OC(CC1CCCN1CC1=CCCCC1)CCO2. The molecule has 0 radical (unpaired) electrons. The topological polar surface area (TPSA) is 55.8 Å². The summed E-state index contributed by atoms with van der Waals surface area (Å²) >= 11 is 0. The predicted molar refractivity (Wildman–Crippen MR) is 114 cm³/mol. The van der Waals surface area contributed by atoms with Gasteiger partial charge in [0.05, 0.1) is 17.3 Å². The van der Waals surface area contributed by atoms with E-state index in [1.165, 1.54) is 45.1 Å². The lowest BCUT2D eigenvalue weighted by molar-refractivity contribution is 0.136. The maximum absolute atomic E-state index is 12.3.